The molecule has 0 aliphatic heterocycles. The van der Waals surface area contributed by atoms with Gasteiger partial charge in [-0.2, -0.15) is 0 Å². The Morgan fingerprint density at radius 1 is 1.36 bits per heavy atom. The summed E-state index contributed by atoms with van der Waals surface area (Å²) in [6, 6.07) is 5.90. The highest BCUT2D eigenvalue weighted by Crippen LogP contribution is 2.23. The number of hydrogen-bond donors (Lipinski definition) is 1. The Balaban J connectivity index is 2.31. The molecule has 0 aromatic carbocycles. The zero-order valence-electron chi connectivity index (χ0n) is 8.28. The van der Waals surface area contributed by atoms with Gasteiger partial charge < -0.3 is 14.2 Å². The molecule has 0 bridgehead atoms. The van der Waals surface area contributed by atoms with Crippen LogP contribution in [0.4, 0.5) is 0 Å². The molecule has 0 saturated heterocycles. The third-order valence-corrected chi connectivity index (χ3v) is 2.20. The quantitative estimate of drug-likeness (QED) is 0.810. The van der Waals surface area contributed by atoms with Crippen LogP contribution < -0.4 is 5.32 Å². The van der Waals surface area contributed by atoms with Crippen LogP contribution in [0.5, 0.6) is 0 Å². The second-order valence-electron chi connectivity index (χ2n) is 3.23. The van der Waals surface area contributed by atoms with Gasteiger partial charge in [-0.25, -0.2) is 0 Å². The Kier molecular flexibility index (Phi) is 2.41. The second-order valence-corrected chi connectivity index (χ2v) is 3.23. The van der Waals surface area contributed by atoms with Crippen molar-refractivity contribution in [1.82, 2.24) is 5.32 Å². The first-order chi connectivity index (χ1) is 6.81. The molecule has 2 aromatic rings. The van der Waals surface area contributed by atoms with E-state index in [0.29, 0.717) is 0 Å². The summed E-state index contributed by atoms with van der Waals surface area (Å²) < 4.78 is 10.6. The molecule has 0 aliphatic carbocycles. The van der Waals surface area contributed by atoms with E-state index in [1.54, 1.807) is 12.5 Å². The zero-order chi connectivity index (χ0) is 9.97. The van der Waals surface area contributed by atoms with E-state index < -0.39 is 0 Å². The molecule has 0 radical (unpaired) electrons. The van der Waals surface area contributed by atoms with Crippen molar-refractivity contribution in [2.45, 2.75) is 13.0 Å². The van der Waals surface area contributed by atoms with E-state index in [1.165, 1.54) is 0 Å². The van der Waals surface area contributed by atoms with Gasteiger partial charge in [-0.15, -0.1) is 0 Å². The molecule has 0 amide bonds. The van der Waals surface area contributed by atoms with E-state index >= 15 is 0 Å². The average molecular weight is 191 g/mol. The molecule has 0 spiro atoms. The predicted octanol–water partition coefficient (Wildman–Crippen LogP) is 2.49. The Hall–Kier alpha value is -1.48. The van der Waals surface area contributed by atoms with Crippen LogP contribution in [0, 0.1) is 6.92 Å². The molecule has 74 valence electrons. The van der Waals surface area contributed by atoms with Crippen LogP contribution in [-0.2, 0) is 0 Å². The van der Waals surface area contributed by atoms with Crippen molar-refractivity contribution in [1.29, 1.82) is 0 Å². The van der Waals surface area contributed by atoms with Crippen molar-refractivity contribution >= 4 is 0 Å². The van der Waals surface area contributed by atoms with Crippen molar-refractivity contribution in [3.8, 4) is 0 Å². The maximum atomic E-state index is 5.35. The normalized spacial score (nSPS) is 13.0. The maximum absolute atomic E-state index is 5.35. The van der Waals surface area contributed by atoms with Crippen molar-refractivity contribution in [3.63, 3.8) is 0 Å². The topological polar surface area (TPSA) is 38.3 Å². The molecule has 2 heterocycles. The Labute approximate surface area is 82.7 Å². The first-order valence-corrected chi connectivity index (χ1v) is 4.57. The van der Waals surface area contributed by atoms with E-state index in [-0.39, 0.29) is 6.04 Å². The summed E-state index contributed by atoms with van der Waals surface area (Å²) in [6.07, 6.45) is 3.42. The van der Waals surface area contributed by atoms with Gasteiger partial charge in [0.2, 0.25) is 0 Å². The van der Waals surface area contributed by atoms with Gasteiger partial charge in [-0.1, -0.05) is 0 Å². The van der Waals surface area contributed by atoms with Crippen LogP contribution in [0.2, 0.25) is 0 Å². The van der Waals surface area contributed by atoms with Crippen LogP contribution in [0.15, 0.2) is 39.6 Å². The van der Waals surface area contributed by atoms with Gasteiger partial charge in [-0.3, -0.25) is 0 Å². The fourth-order valence-electron chi connectivity index (χ4n) is 1.54. The number of rotatable bonds is 3. The van der Waals surface area contributed by atoms with Crippen LogP contribution in [-0.4, -0.2) is 7.05 Å². The fourth-order valence-corrected chi connectivity index (χ4v) is 1.54. The van der Waals surface area contributed by atoms with Crippen molar-refractivity contribution in [2.75, 3.05) is 7.05 Å². The van der Waals surface area contributed by atoms with Crippen LogP contribution in [0.1, 0.15) is 23.1 Å². The lowest BCUT2D eigenvalue weighted by Gasteiger charge is -2.10. The van der Waals surface area contributed by atoms with Crippen molar-refractivity contribution < 1.29 is 8.83 Å². The first kappa shape index (κ1) is 9.09. The summed E-state index contributed by atoms with van der Waals surface area (Å²) in [5, 5.41) is 3.18. The molecule has 1 unspecified atom stereocenters. The number of nitrogens with one attached hydrogen (secondary N) is 1. The smallest absolute Gasteiger partial charge is 0.125 e. The molecular weight excluding hydrogens is 178 g/mol. The highest BCUT2D eigenvalue weighted by molar-refractivity contribution is 5.24. The molecule has 2 rings (SSSR count). The standard InChI is InChI=1S/C11H13NO2/c1-8-6-9(7-14-8)11(12-2)10-4-3-5-13-10/h3-7,11-12H,1-2H3. The molecule has 0 saturated carbocycles. The van der Waals surface area contributed by atoms with E-state index in [9.17, 15) is 0 Å². The summed E-state index contributed by atoms with van der Waals surface area (Å²) in [5.74, 6) is 1.81. The largest absolute Gasteiger partial charge is 0.469 e. The van der Waals surface area contributed by atoms with Gasteiger partial charge in [-0.05, 0) is 32.2 Å². The minimum absolute atomic E-state index is 0.0717. The lowest BCUT2D eigenvalue weighted by Crippen LogP contribution is -2.16. The second kappa shape index (κ2) is 3.72. The SMILES string of the molecule is CNC(c1coc(C)c1)c1ccco1. The molecular formula is C11H13NO2. The number of hydrogen-bond acceptors (Lipinski definition) is 3. The third-order valence-electron chi connectivity index (χ3n) is 2.20. The van der Waals surface area contributed by atoms with Gasteiger partial charge in [0, 0.05) is 5.56 Å². The molecule has 1 atom stereocenters. The molecule has 3 nitrogen and oxygen atoms in total. The van der Waals surface area contributed by atoms with Gasteiger partial charge in [0.1, 0.15) is 11.5 Å². The molecule has 1 N–H and O–H groups in total. The minimum Gasteiger partial charge on any atom is -0.469 e. The van der Waals surface area contributed by atoms with Gasteiger partial charge in [0.15, 0.2) is 0 Å². The summed E-state index contributed by atoms with van der Waals surface area (Å²) in [7, 11) is 1.90. The number of furan rings is 2. The molecule has 3 heteroatoms. The Morgan fingerprint density at radius 2 is 2.21 bits per heavy atom. The highest BCUT2D eigenvalue weighted by Gasteiger charge is 2.16. The van der Waals surface area contributed by atoms with Crippen LogP contribution in [0.3, 0.4) is 0 Å². The lowest BCUT2D eigenvalue weighted by molar-refractivity contribution is 0.459. The van der Waals surface area contributed by atoms with Gasteiger partial charge >= 0.3 is 0 Å². The summed E-state index contributed by atoms with van der Waals surface area (Å²) in [4.78, 5) is 0. The molecule has 0 fully saturated rings. The summed E-state index contributed by atoms with van der Waals surface area (Å²) >= 11 is 0. The molecule has 14 heavy (non-hydrogen) atoms. The maximum Gasteiger partial charge on any atom is 0.125 e. The van der Waals surface area contributed by atoms with E-state index in [2.05, 4.69) is 5.32 Å². The minimum atomic E-state index is 0.0717. The van der Waals surface area contributed by atoms with E-state index in [0.717, 1.165) is 17.1 Å². The lowest BCUT2D eigenvalue weighted by atomic mass is 10.1. The predicted molar refractivity (Wildman–Crippen MR) is 53.1 cm³/mol. The van der Waals surface area contributed by atoms with E-state index in [4.69, 9.17) is 8.83 Å². The fraction of sp³-hybridized carbons (Fsp3) is 0.273. The van der Waals surface area contributed by atoms with E-state index in [1.807, 2.05) is 32.2 Å². The highest BCUT2D eigenvalue weighted by atomic mass is 16.3. The van der Waals surface area contributed by atoms with Crippen LogP contribution >= 0.6 is 0 Å². The van der Waals surface area contributed by atoms with Crippen molar-refractivity contribution in [3.05, 3.63) is 47.8 Å². The Bertz CT molecular complexity index is 389. The summed E-state index contributed by atoms with van der Waals surface area (Å²) in [5.41, 5.74) is 1.08. The molecule has 2 aromatic heterocycles. The third kappa shape index (κ3) is 1.59. The molecule has 0 aliphatic rings. The first-order valence-electron chi connectivity index (χ1n) is 4.57. The summed E-state index contributed by atoms with van der Waals surface area (Å²) in [6.45, 7) is 1.93. The average Bonchev–Trinajstić information content (AvgIpc) is 2.79. The Morgan fingerprint density at radius 3 is 2.71 bits per heavy atom. The number of aryl methyl sites for hydroxylation is 1. The van der Waals surface area contributed by atoms with Crippen LogP contribution in [0.25, 0.3) is 0 Å². The van der Waals surface area contributed by atoms with Gasteiger partial charge in [0.25, 0.3) is 0 Å². The van der Waals surface area contributed by atoms with Gasteiger partial charge in [0.05, 0.1) is 18.6 Å². The monoisotopic (exact) mass is 191 g/mol. The zero-order valence-corrected chi connectivity index (χ0v) is 8.28. The van der Waals surface area contributed by atoms with Crippen molar-refractivity contribution in [2.24, 2.45) is 0 Å².